The predicted octanol–water partition coefficient (Wildman–Crippen LogP) is 3.74. The van der Waals surface area contributed by atoms with Crippen LogP contribution in [0.2, 0.25) is 0 Å². The maximum Gasteiger partial charge on any atom is 0.128 e. The molecule has 20 heavy (non-hydrogen) atoms. The van der Waals surface area contributed by atoms with E-state index in [4.69, 9.17) is 22.7 Å². The Kier molecular flexibility index (Phi) is 4.82. The molecule has 0 aliphatic carbocycles. The van der Waals surface area contributed by atoms with Crippen LogP contribution in [0.15, 0.2) is 48.5 Å². The maximum atomic E-state index is 13.7. The van der Waals surface area contributed by atoms with Gasteiger partial charge in [-0.25, -0.2) is 4.39 Å². The first kappa shape index (κ1) is 14.6. The average molecular weight is 289 g/mol. The van der Waals surface area contributed by atoms with Crippen LogP contribution in [0.4, 0.5) is 4.39 Å². The van der Waals surface area contributed by atoms with Gasteiger partial charge in [0.1, 0.15) is 10.8 Å². The van der Waals surface area contributed by atoms with Crippen LogP contribution in [0.3, 0.4) is 0 Å². The summed E-state index contributed by atoms with van der Waals surface area (Å²) in [5, 5.41) is 0. The quantitative estimate of drug-likeness (QED) is 0.852. The molecule has 0 spiro atoms. The smallest absolute Gasteiger partial charge is 0.128 e. The van der Waals surface area contributed by atoms with Gasteiger partial charge < -0.3 is 10.5 Å². The minimum atomic E-state index is -0.315. The molecule has 0 saturated carbocycles. The van der Waals surface area contributed by atoms with Crippen molar-refractivity contribution >= 4 is 17.2 Å². The molecule has 2 nitrogen and oxygen atoms in total. The lowest BCUT2D eigenvalue weighted by molar-refractivity contribution is 0.0509. The monoisotopic (exact) mass is 289 g/mol. The molecule has 0 aromatic heterocycles. The Labute approximate surface area is 123 Å². The van der Waals surface area contributed by atoms with E-state index >= 15 is 0 Å². The lowest BCUT2D eigenvalue weighted by Gasteiger charge is -2.14. The molecule has 0 heterocycles. The fourth-order valence-corrected chi connectivity index (χ4v) is 2.00. The van der Waals surface area contributed by atoms with Crippen LogP contribution in [0.25, 0.3) is 0 Å². The first-order chi connectivity index (χ1) is 9.58. The summed E-state index contributed by atoms with van der Waals surface area (Å²) in [4.78, 5) is 0.252. The van der Waals surface area contributed by atoms with Gasteiger partial charge in [0.2, 0.25) is 0 Å². The van der Waals surface area contributed by atoms with Crippen LogP contribution in [-0.4, -0.2) is 4.99 Å². The molecule has 0 fully saturated rings. The molecule has 1 unspecified atom stereocenters. The maximum absolute atomic E-state index is 13.7. The van der Waals surface area contributed by atoms with Crippen molar-refractivity contribution < 1.29 is 9.13 Å². The number of hydrogen-bond acceptors (Lipinski definition) is 2. The normalized spacial score (nSPS) is 12.1. The standard InChI is InChI=1S/C16H16FNOS/c1-11(12-5-3-2-4-6-12)19-10-14-9-13(16(18)20)7-8-15(14)17/h2-9,11H,10H2,1H3,(H2,18,20). The molecule has 2 rings (SSSR count). The van der Waals surface area contributed by atoms with Crippen molar-refractivity contribution in [1.29, 1.82) is 0 Å². The van der Waals surface area contributed by atoms with Crippen LogP contribution >= 0.6 is 12.2 Å². The molecule has 0 aliphatic heterocycles. The highest BCUT2D eigenvalue weighted by atomic mass is 32.1. The lowest BCUT2D eigenvalue weighted by Crippen LogP contribution is -2.10. The first-order valence-corrected chi connectivity index (χ1v) is 6.73. The van der Waals surface area contributed by atoms with E-state index in [0.29, 0.717) is 11.1 Å². The minimum absolute atomic E-state index is 0.107. The van der Waals surface area contributed by atoms with Crippen molar-refractivity contribution in [2.75, 3.05) is 0 Å². The van der Waals surface area contributed by atoms with E-state index in [0.717, 1.165) is 5.56 Å². The highest BCUT2D eigenvalue weighted by Crippen LogP contribution is 2.19. The second kappa shape index (κ2) is 6.59. The van der Waals surface area contributed by atoms with Gasteiger partial charge in [0.15, 0.2) is 0 Å². The zero-order valence-corrected chi connectivity index (χ0v) is 12.0. The summed E-state index contributed by atoms with van der Waals surface area (Å²) in [5.74, 6) is -0.315. The number of nitrogens with two attached hydrogens (primary N) is 1. The predicted molar refractivity (Wildman–Crippen MR) is 81.9 cm³/mol. The summed E-state index contributed by atoms with van der Waals surface area (Å²) >= 11 is 4.89. The Morgan fingerprint density at radius 2 is 1.95 bits per heavy atom. The van der Waals surface area contributed by atoms with Crippen molar-refractivity contribution in [3.05, 3.63) is 71.0 Å². The Balaban J connectivity index is 2.07. The van der Waals surface area contributed by atoms with Crippen LogP contribution in [0.5, 0.6) is 0 Å². The second-order valence-corrected chi connectivity index (χ2v) is 4.97. The number of benzene rings is 2. The average Bonchev–Trinajstić information content (AvgIpc) is 2.46. The van der Waals surface area contributed by atoms with E-state index < -0.39 is 0 Å². The Morgan fingerprint density at radius 3 is 2.60 bits per heavy atom. The minimum Gasteiger partial charge on any atom is -0.389 e. The van der Waals surface area contributed by atoms with Crippen LogP contribution in [-0.2, 0) is 11.3 Å². The molecule has 4 heteroatoms. The molecule has 1 atom stereocenters. The molecule has 0 saturated heterocycles. The molecular formula is C16H16FNOS. The van der Waals surface area contributed by atoms with Gasteiger partial charge in [0.25, 0.3) is 0 Å². The van der Waals surface area contributed by atoms with E-state index in [1.807, 2.05) is 37.3 Å². The molecule has 2 N–H and O–H groups in total. The van der Waals surface area contributed by atoms with E-state index in [1.54, 1.807) is 12.1 Å². The second-order valence-electron chi connectivity index (χ2n) is 4.53. The number of halogens is 1. The van der Waals surface area contributed by atoms with Gasteiger partial charge in [0.05, 0.1) is 12.7 Å². The van der Waals surface area contributed by atoms with Crippen molar-refractivity contribution in [3.63, 3.8) is 0 Å². The van der Waals surface area contributed by atoms with Crippen LogP contribution < -0.4 is 5.73 Å². The topological polar surface area (TPSA) is 35.2 Å². The Hall–Kier alpha value is -1.78. The van der Waals surface area contributed by atoms with Gasteiger partial charge in [-0.2, -0.15) is 0 Å². The first-order valence-electron chi connectivity index (χ1n) is 6.32. The Morgan fingerprint density at radius 1 is 1.25 bits per heavy atom. The zero-order chi connectivity index (χ0) is 14.5. The summed E-state index contributed by atoms with van der Waals surface area (Å²) < 4.78 is 19.4. The molecule has 2 aromatic carbocycles. The van der Waals surface area contributed by atoms with Gasteiger partial charge in [0, 0.05) is 11.1 Å². The van der Waals surface area contributed by atoms with Gasteiger partial charge in [-0.05, 0) is 30.7 Å². The SMILES string of the molecule is CC(OCc1cc(C(N)=S)ccc1F)c1ccccc1. The van der Waals surface area contributed by atoms with Crippen molar-refractivity contribution in [1.82, 2.24) is 0 Å². The molecular weight excluding hydrogens is 273 g/mol. The van der Waals surface area contributed by atoms with Crippen molar-refractivity contribution in [2.24, 2.45) is 5.73 Å². The largest absolute Gasteiger partial charge is 0.389 e. The van der Waals surface area contributed by atoms with E-state index in [2.05, 4.69) is 0 Å². The van der Waals surface area contributed by atoms with E-state index in [-0.39, 0.29) is 23.5 Å². The highest BCUT2D eigenvalue weighted by Gasteiger charge is 2.09. The van der Waals surface area contributed by atoms with Gasteiger partial charge in [-0.3, -0.25) is 0 Å². The third kappa shape index (κ3) is 3.62. The summed E-state index contributed by atoms with van der Waals surface area (Å²) in [5.41, 5.74) is 7.70. The fourth-order valence-electron chi connectivity index (χ4n) is 1.87. The lowest BCUT2D eigenvalue weighted by atomic mass is 10.1. The third-order valence-corrected chi connectivity index (χ3v) is 3.32. The zero-order valence-electron chi connectivity index (χ0n) is 11.2. The van der Waals surface area contributed by atoms with E-state index in [9.17, 15) is 4.39 Å². The number of ether oxygens (including phenoxy) is 1. The summed E-state index contributed by atoms with van der Waals surface area (Å²) in [6, 6.07) is 14.4. The molecule has 0 aliphatic rings. The number of hydrogen-bond donors (Lipinski definition) is 1. The fraction of sp³-hybridized carbons (Fsp3) is 0.188. The van der Waals surface area contributed by atoms with Crippen molar-refractivity contribution in [3.8, 4) is 0 Å². The highest BCUT2D eigenvalue weighted by molar-refractivity contribution is 7.80. The number of thiocarbonyl (C=S) groups is 1. The van der Waals surface area contributed by atoms with Crippen LogP contribution in [0.1, 0.15) is 29.7 Å². The number of rotatable bonds is 5. The summed E-state index contributed by atoms with van der Waals surface area (Å²) in [6.07, 6.45) is -0.107. The molecule has 0 radical (unpaired) electrons. The van der Waals surface area contributed by atoms with Crippen molar-refractivity contribution in [2.45, 2.75) is 19.6 Å². The third-order valence-electron chi connectivity index (χ3n) is 3.09. The molecule has 0 bridgehead atoms. The summed E-state index contributed by atoms with van der Waals surface area (Å²) in [7, 11) is 0. The van der Waals surface area contributed by atoms with Crippen LogP contribution in [0, 0.1) is 5.82 Å². The molecule has 104 valence electrons. The van der Waals surface area contributed by atoms with E-state index in [1.165, 1.54) is 6.07 Å². The molecule has 0 amide bonds. The molecule has 2 aromatic rings. The van der Waals surface area contributed by atoms with Gasteiger partial charge >= 0.3 is 0 Å². The van der Waals surface area contributed by atoms with Gasteiger partial charge in [-0.15, -0.1) is 0 Å². The Bertz CT molecular complexity index is 601. The van der Waals surface area contributed by atoms with Gasteiger partial charge in [-0.1, -0.05) is 42.5 Å². The summed E-state index contributed by atoms with van der Waals surface area (Å²) in [6.45, 7) is 2.11.